The van der Waals surface area contributed by atoms with Gasteiger partial charge in [0.15, 0.2) is 5.58 Å². The summed E-state index contributed by atoms with van der Waals surface area (Å²) in [6.07, 6.45) is 0. The standard InChI is InChI=1S/C16H17ClN4OS/c1-9-7-18-3-4-21(9)16-20-13-6-11(17)5-12(15(13)22-16)14-8-23-10(2)19-14/h5-6,8-9,18H,3-4,7H2,1-2H3/t9-/m0/s1. The third-order valence-corrected chi connectivity index (χ3v) is 5.08. The lowest BCUT2D eigenvalue weighted by Gasteiger charge is -2.32. The molecule has 5 nitrogen and oxygen atoms in total. The van der Waals surface area contributed by atoms with E-state index in [-0.39, 0.29) is 0 Å². The highest BCUT2D eigenvalue weighted by atomic mass is 35.5. The fourth-order valence-electron chi connectivity index (χ4n) is 2.91. The maximum absolute atomic E-state index is 6.27. The maximum Gasteiger partial charge on any atom is 0.298 e. The summed E-state index contributed by atoms with van der Waals surface area (Å²) in [6, 6.07) is 4.75. The van der Waals surface area contributed by atoms with Gasteiger partial charge in [0.2, 0.25) is 0 Å². The van der Waals surface area contributed by atoms with Crippen LogP contribution >= 0.6 is 22.9 Å². The molecule has 0 amide bonds. The van der Waals surface area contributed by atoms with Crippen LogP contribution in [0.1, 0.15) is 11.9 Å². The molecule has 0 spiro atoms. The SMILES string of the molecule is Cc1nc(-c2cc(Cl)cc3nc(N4CCNC[C@@H]4C)oc23)cs1. The average Bonchev–Trinajstić information content (AvgIpc) is 3.13. The molecule has 1 atom stereocenters. The Morgan fingerprint density at radius 2 is 2.26 bits per heavy atom. The first-order valence-electron chi connectivity index (χ1n) is 7.62. The largest absolute Gasteiger partial charge is 0.423 e. The minimum absolute atomic E-state index is 0.345. The van der Waals surface area contributed by atoms with Crippen molar-refractivity contribution in [1.82, 2.24) is 15.3 Å². The van der Waals surface area contributed by atoms with Crippen LogP contribution in [0.15, 0.2) is 21.9 Å². The third-order valence-electron chi connectivity index (χ3n) is 4.09. The molecule has 3 heterocycles. The van der Waals surface area contributed by atoms with E-state index in [1.165, 1.54) is 0 Å². The molecule has 1 fully saturated rings. The predicted molar refractivity (Wildman–Crippen MR) is 94.5 cm³/mol. The van der Waals surface area contributed by atoms with Gasteiger partial charge in [0.1, 0.15) is 5.52 Å². The van der Waals surface area contributed by atoms with Crippen LogP contribution in [0, 0.1) is 6.92 Å². The summed E-state index contributed by atoms with van der Waals surface area (Å²) in [7, 11) is 0. The van der Waals surface area contributed by atoms with Gasteiger partial charge in [-0.05, 0) is 26.0 Å². The number of hydrogen-bond donors (Lipinski definition) is 1. The first-order valence-corrected chi connectivity index (χ1v) is 8.87. The third kappa shape index (κ3) is 2.71. The first kappa shape index (κ1) is 14.9. The molecule has 2 aromatic heterocycles. The number of piperazine rings is 1. The molecule has 1 saturated heterocycles. The van der Waals surface area contributed by atoms with E-state index >= 15 is 0 Å². The number of fused-ring (bicyclic) bond motifs is 1. The Hall–Kier alpha value is -1.63. The van der Waals surface area contributed by atoms with Gasteiger partial charge < -0.3 is 14.6 Å². The minimum Gasteiger partial charge on any atom is -0.423 e. The van der Waals surface area contributed by atoms with Crippen LogP contribution in [0.4, 0.5) is 6.01 Å². The van der Waals surface area contributed by atoms with Gasteiger partial charge in [0.25, 0.3) is 6.01 Å². The summed E-state index contributed by atoms with van der Waals surface area (Å²) >= 11 is 7.89. The highest BCUT2D eigenvalue weighted by Gasteiger charge is 2.24. The normalized spacial score (nSPS) is 18.7. The van der Waals surface area contributed by atoms with E-state index in [0.717, 1.165) is 47.0 Å². The molecule has 7 heteroatoms. The molecule has 1 aromatic carbocycles. The van der Waals surface area contributed by atoms with Crippen LogP contribution in [0.3, 0.4) is 0 Å². The van der Waals surface area contributed by atoms with Crippen molar-refractivity contribution in [2.75, 3.05) is 24.5 Å². The zero-order valence-corrected chi connectivity index (χ0v) is 14.5. The quantitative estimate of drug-likeness (QED) is 0.765. The Balaban J connectivity index is 1.84. The molecular formula is C16H17ClN4OS. The van der Waals surface area contributed by atoms with Crippen LogP contribution in [0.25, 0.3) is 22.4 Å². The number of rotatable bonds is 2. The monoisotopic (exact) mass is 348 g/mol. The lowest BCUT2D eigenvalue weighted by atomic mass is 10.1. The summed E-state index contributed by atoms with van der Waals surface area (Å²) in [4.78, 5) is 11.4. The summed E-state index contributed by atoms with van der Waals surface area (Å²) in [5.41, 5.74) is 3.31. The van der Waals surface area contributed by atoms with Crippen LogP contribution in [-0.4, -0.2) is 35.6 Å². The molecule has 120 valence electrons. The Bertz CT molecular complexity index is 859. The number of aromatic nitrogens is 2. The summed E-state index contributed by atoms with van der Waals surface area (Å²) in [5, 5.41) is 7.06. The van der Waals surface area contributed by atoms with Gasteiger partial charge in [-0.1, -0.05) is 11.6 Å². The number of thiazole rings is 1. The van der Waals surface area contributed by atoms with Crippen molar-refractivity contribution in [3.05, 3.63) is 27.5 Å². The molecule has 0 aliphatic carbocycles. The summed E-state index contributed by atoms with van der Waals surface area (Å²) in [6.45, 7) is 6.90. The zero-order valence-electron chi connectivity index (χ0n) is 13.0. The van der Waals surface area contributed by atoms with E-state index in [4.69, 9.17) is 16.0 Å². The molecule has 23 heavy (non-hydrogen) atoms. The van der Waals surface area contributed by atoms with Crippen molar-refractivity contribution >= 4 is 40.1 Å². The smallest absolute Gasteiger partial charge is 0.298 e. The number of aryl methyl sites for hydroxylation is 1. The van der Waals surface area contributed by atoms with Crippen LogP contribution in [0.5, 0.6) is 0 Å². The molecule has 3 aromatic rings. The van der Waals surface area contributed by atoms with Crippen molar-refractivity contribution in [3.8, 4) is 11.3 Å². The number of hydrogen-bond acceptors (Lipinski definition) is 6. The second-order valence-corrected chi connectivity index (χ2v) is 7.30. The van der Waals surface area contributed by atoms with Crippen LogP contribution in [-0.2, 0) is 0 Å². The Labute approximate surface area is 143 Å². The number of nitrogens with zero attached hydrogens (tertiary/aromatic N) is 3. The van der Waals surface area contributed by atoms with Crippen molar-refractivity contribution in [3.63, 3.8) is 0 Å². The molecule has 4 rings (SSSR count). The van der Waals surface area contributed by atoms with Gasteiger partial charge in [-0.3, -0.25) is 0 Å². The molecular weight excluding hydrogens is 332 g/mol. The van der Waals surface area contributed by atoms with Gasteiger partial charge >= 0.3 is 0 Å². The summed E-state index contributed by atoms with van der Waals surface area (Å²) < 4.78 is 6.12. The Morgan fingerprint density at radius 3 is 3.00 bits per heavy atom. The van der Waals surface area contributed by atoms with Crippen molar-refractivity contribution in [2.24, 2.45) is 0 Å². The molecule has 1 aliphatic heterocycles. The van der Waals surface area contributed by atoms with E-state index in [1.807, 2.05) is 24.4 Å². The molecule has 0 radical (unpaired) electrons. The fraction of sp³-hybridized carbons (Fsp3) is 0.375. The molecule has 1 N–H and O–H groups in total. The second kappa shape index (κ2) is 5.78. The average molecular weight is 349 g/mol. The van der Waals surface area contributed by atoms with Crippen molar-refractivity contribution < 1.29 is 4.42 Å². The number of benzene rings is 1. The van der Waals surface area contributed by atoms with Crippen LogP contribution < -0.4 is 10.2 Å². The number of oxazole rings is 1. The lowest BCUT2D eigenvalue weighted by molar-refractivity contribution is 0.456. The molecule has 0 unspecified atom stereocenters. The van der Waals surface area contributed by atoms with Crippen molar-refractivity contribution in [1.29, 1.82) is 0 Å². The van der Waals surface area contributed by atoms with E-state index in [0.29, 0.717) is 17.1 Å². The molecule has 0 bridgehead atoms. The van der Waals surface area contributed by atoms with Gasteiger partial charge in [-0.25, -0.2) is 4.98 Å². The van der Waals surface area contributed by atoms with Gasteiger partial charge in [0.05, 0.1) is 10.7 Å². The van der Waals surface area contributed by atoms with Crippen molar-refractivity contribution in [2.45, 2.75) is 19.9 Å². The van der Waals surface area contributed by atoms with E-state index < -0.39 is 0 Å². The van der Waals surface area contributed by atoms with E-state index in [1.54, 1.807) is 11.3 Å². The number of halogens is 1. The van der Waals surface area contributed by atoms with Gasteiger partial charge in [0, 0.05) is 41.6 Å². The lowest BCUT2D eigenvalue weighted by Crippen LogP contribution is -2.50. The maximum atomic E-state index is 6.27. The highest BCUT2D eigenvalue weighted by molar-refractivity contribution is 7.09. The minimum atomic E-state index is 0.345. The Morgan fingerprint density at radius 1 is 1.39 bits per heavy atom. The molecule has 0 saturated carbocycles. The Kier molecular flexibility index (Phi) is 3.75. The van der Waals surface area contributed by atoms with Crippen LogP contribution in [0.2, 0.25) is 5.02 Å². The number of anilines is 1. The molecule has 1 aliphatic rings. The van der Waals surface area contributed by atoms with Gasteiger partial charge in [-0.15, -0.1) is 11.3 Å². The van der Waals surface area contributed by atoms with E-state index in [2.05, 4.69) is 27.1 Å². The first-order chi connectivity index (χ1) is 11.1. The second-order valence-electron chi connectivity index (χ2n) is 5.80. The number of nitrogens with one attached hydrogen (secondary N) is 1. The fourth-order valence-corrected chi connectivity index (χ4v) is 3.74. The van der Waals surface area contributed by atoms with Gasteiger partial charge in [-0.2, -0.15) is 4.98 Å². The summed E-state index contributed by atoms with van der Waals surface area (Å²) in [5.74, 6) is 0. The predicted octanol–water partition coefficient (Wildman–Crippen LogP) is 3.71. The zero-order chi connectivity index (χ0) is 16.0. The topological polar surface area (TPSA) is 54.2 Å². The van der Waals surface area contributed by atoms with E-state index in [9.17, 15) is 0 Å². The highest BCUT2D eigenvalue weighted by Crippen LogP contribution is 2.35.